The summed E-state index contributed by atoms with van der Waals surface area (Å²) in [5.41, 5.74) is 0. The molecule has 0 amide bonds. The average Bonchev–Trinajstić information content (AvgIpc) is 3.67. The van der Waals surface area contributed by atoms with E-state index in [9.17, 15) is 14.4 Å². The molecular formula is C26H30O7. The summed E-state index contributed by atoms with van der Waals surface area (Å²) in [4.78, 5) is 45.5. The van der Waals surface area contributed by atoms with E-state index in [1.165, 1.54) is 0 Å². The van der Waals surface area contributed by atoms with E-state index in [1.54, 1.807) is 72.9 Å². The van der Waals surface area contributed by atoms with E-state index < -0.39 is 35.7 Å². The van der Waals surface area contributed by atoms with Crippen LogP contribution in [-0.2, 0) is 29.0 Å². The third-order valence-electron chi connectivity index (χ3n) is 4.30. The van der Waals surface area contributed by atoms with Crippen LogP contribution in [-0.4, -0.2) is 23.2 Å². The number of carbonyl (C=O) groups is 3. The van der Waals surface area contributed by atoms with E-state index in [-0.39, 0.29) is 0 Å². The Morgan fingerprint density at radius 1 is 0.545 bits per heavy atom. The van der Waals surface area contributed by atoms with Crippen LogP contribution in [0, 0.1) is 23.7 Å². The van der Waals surface area contributed by atoms with Crippen molar-refractivity contribution in [1.82, 2.24) is 0 Å². The summed E-state index contributed by atoms with van der Waals surface area (Å²) in [6, 6.07) is 0. The highest BCUT2D eigenvalue weighted by Crippen LogP contribution is 2.14. The fraction of sp³-hybridized carbons (Fsp3) is 0.269. The van der Waals surface area contributed by atoms with Crippen molar-refractivity contribution in [2.24, 2.45) is 23.7 Å². The minimum absolute atomic E-state index is 0.394. The van der Waals surface area contributed by atoms with Crippen molar-refractivity contribution >= 4 is 17.9 Å². The SMILES string of the molecule is CC.CC1C=CC=C1.O=C(OO)C1C=CC=C1.O=C(OOC(=O)C1C=CC=C1)C1C=CC=C1. The maximum atomic E-state index is 11.3. The first-order valence-electron chi connectivity index (χ1n) is 10.7. The van der Waals surface area contributed by atoms with Crippen LogP contribution in [0.3, 0.4) is 0 Å². The van der Waals surface area contributed by atoms with Gasteiger partial charge in [-0.1, -0.05) is 118 Å². The molecule has 0 aromatic carbocycles. The van der Waals surface area contributed by atoms with Gasteiger partial charge in [0.1, 0.15) is 0 Å². The van der Waals surface area contributed by atoms with E-state index in [2.05, 4.69) is 45.9 Å². The predicted octanol–water partition coefficient (Wildman–Crippen LogP) is 4.99. The lowest BCUT2D eigenvalue weighted by molar-refractivity contribution is -0.261. The van der Waals surface area contributed by atoms with Gasteiger partial charge in [0.05, 0.1) is 17.8 Å². The number of rotatable bonds is 3. The van der Waals surface area contributed by atoms with Gasteiger partial charge in [0.2, 0.25) is 0 Å². The summed E-state index contributed by atoms with van der Waals surface area (Å²) in [5, 5.41) is 7.88. The van der Waals surface area contributed by atoms with Crippen molar-refractivity contribution in [1.29, 1.82) is 0 Å². The van der Waals surface area contributed by atoms with E-state index in [0.717, 1.165) is 0 Å². The summed E-state index contributed by atoms with van der Waals surface area (Å²) in [6.45, 7) is 6.17. The van der Waals surface area contributed by atoms with Gasteiger partial charge >= 0.3 is 17.9 Å². The second kappa shape index (κ2) is 16.0. The van der Waals surface area contributed by atoms with Crippen molar-refractivity contribution in [3.05, 3.63) is 97.2 Å². The molecule has 0 atom stereocenters. The summed E-state index contributed by atoms with van der Waals surface area (Å²) in [6.07, 6.45) is 28.8. The second-order valence-electron chi connectivity index (χ2n) is 6.73. The zero-order valence-corrected chi connectivity index (χ0v) is 18.9. The highest BCUT2D eigenvalue weighted by Gasteiger charge is 2.22. The lowest BCUT2D eigenvalue weighted by Gasteiger charge is -2.06. The molecule has 0 bridgehead atoms. The summed E-state index contributed by atoms with van der Waals surface area (Å²) >= 11 is 0. The van der Waals surface area contributed by atoms with Gasteiger partial charge in [-0.15, -0.1) is 0 Å². The van der Waals surface area contributed by atoms with Gasteiger partial charge in [0.15, 0.2) is 0 Å². The molecule has 4 aliphatic rings. The molecule has 0 spiro atoms. The van der Waals surface area contributed by atoms with Crippen LogP contribution in [0.1, 0.15) is 20.8 Å². The quantitative estimate of drug-likeness (QED) is 0.474. The minimum Gasteiger partial charge on any atom is -0.300 e. The van der Waals surface area contributed by atoms with Crippen molar-refractivity contribution in [2.75, 3.05) is 0 Å². The number of carbonyl (C=O) groups excluding carboxylic acids is 3. The Hall–Kier alpha value is -3.71. The Bertz CT molecular complexity index is 796. The molecule has 0 heterocycles. The Labute approximate surface area is 194 Å². The molecule has 4 aliphatic carbocycles. The standard InChI is InChI=1S/C12H10O4.C6H6O3.C6H8.C2H6/c13-11(9-5-1-2-6-9)15-16-12(14)10-7-3-4-8-10;7-6(9-8)5-3-1-2-4-5;1-6-4-2-3-5-6;1-2/h1-10H;1-5,8H;2-6H,1H3;1-2H3. The molecule has 7 nitrogen and oxygen atoms in total. The first-order valence-corrected chi connectivity index (χ1v) is 10.7. The van der Waals surface area contributed by atoms with Crippen LogP contribution in [0.4, 0.5) is 0 Å². The molecule has 0 aromatic heterocycles. The molecule has 1 N–H and O–H groups in total. The third kappa shape index (κ3) is 10.4. The number of hydrogen-bond donors (Lipinski definition) is 1. The lowest BCUT2D eigenvalue weighted by Crippen LogP contribution is -2.19. The van der Waals surface area contributed by atoms with Crippen LogP contribution in [0.2, 0.25) is 0 Å². The van der Waals surface area contributed by atoms with E-state index in [0.29, 0.717) is 5.92 Å². The molecule has 0 aromatic rings. The van der Waals surface area contributed by atoms with Gasteiger partial charge in [-0.2, -0.15) is 5.26 Å². The monoisotopic (exact) mass is 454 g/mol. The maximum Gasteiger partial charge on any atom is 0.366 e. The van der Waals surface area contributed by atoms with Gasteiger partial charge in [-0.25, -0.2) is 24.2 Å². The van der Waals surface area contributed by atoms with Crippen molar-refractivity contribution in [3.63, 3.8) is 0 Å². The summed E-state index contributed by atoms with van der Waals surface area (Å²) in [7, 11) is 0. The topological polar surface area (TPSA) is 99.1 Å². The zero-order valence-electron chi connectivity index (χ0n) is 18.9. The molecule has 0 aliphatic heterocycles. The fourth-order valence-corrected chi connectivity index (χ4v) is 2.56. The molecular weight excluding hydrogens is 424 g/mol. The molecule has 4 rings (SSSR count). The first-order chi connectivity index (χ1) is 16.0. The summed E-state index contributed by atoms with van der Waals surface area (Å²) < 4.78 is 0. The molecule has 0 radical (unpaired) electrons. The van der Waals surface area contributed by atoms with Gasteiger partial charge in [0, 0.05) is 0 Å². The van der Waals surface area contributed by atoms with Crippen LogP contribution < -0.4 is 0 Å². The predicted molar refractivity (Wildman–Crippen MR) is 125 cm³/mol. The Balaban J connectivity index is 0.000000269. The van der Waals surface area contributed by atoms with Crippen LogP contribution in [0.5, 0.6) is 0 Å². The molecule has 0 fully saturated rings. The fourth-order valence-electron chi connectivity index (χ4n) is 2.56. The van der Waals surface area contributed by atoms with Gasteiger partial charge in [0.25, 0.3) is 0 Å². The molecule has 33 heavy (non-hydrogen) atoms. The molecule has 7 heteroatoms. The van der Waals surface area contributed by atoms with Gasteiger partial charge in [-0.05, 0) is 5.92 Å². The number of allylic oxidation sites excluding steroid dienone is 10. The highest BCUT2D eigenvalue weighted by atomic mass is 17.2. The zero-order chi connectivity index (χ0) is 24.5. The highest BCUT2D eigenvalue weighted by molar-refractivity contribution is 5.80. The van der Waals surface area contributed by atoms with Crippen molar-refractivity contribution in [2.45, 2.75) is 20.8 Å². The first kappa shape index (κ1) is 27.3. The molecule has 176 valence electrons. The van der Waals surface area contributed by atoms with E-state index in [4.69, 9.17) is 5.26 Å². The van der Waals surface area contributed by atoms with E-state index >= 15 is 0 Å². The molecule has 0 unspecified atom stereocenters. The third-order valence-corrected chi connectivity index (χ3v) is 4.30. The van der Waals surface area contributed by atoms with Crippen molar-refractivity contribution in [3.8, 4) is 0 Å². The van der Waals surface area contributed by atoms with E-state index in [1.807, 2.05) is 13.8 Å². The molecule has 0 saturated heterocycles. The van der Waals surface area contributed by atoms with Crippen LogP contribution in [0.15, 0.2) is 97.2 Å². The lowest BCUT2D eigenvalue weighted by atomic mass is 10.2. The van der Waals surface area contributed by atoms with Gasteiger partial charge in [-0.3, -0.25) is 0 Å². The molecule has 0 saturated carbocycles. The van der Waals surface area contributed by atoms with Crippen LogP contribution >= 0.6 is 0 Å². The summed E-state index contributed by atoms with van der Waals surface area (Å²) in [5.74, 6) is -2.45. The van der Waals surface area contributed by atoms with Gasteiger partial charge < -0.3 is 4.89 Å². The average molecular weight is 455 g/mol. The largest absolute Gasteiger partial charge is 0.366 e. The Morgan fingerprint density at radius 2 is 0.818 bits per heavy atom. The van der Waals surface area contributed by atoms with Crippen molar-refractivity contribution < 1.29 is 34.3 Å². The van der Waals surface area contributed by atoms with Crippen LogP contribution in [0.25, 0.3) is 0 Å². The Morgan fingerprint density at radius 3 is 1.06 bits per heavy atom. The number of hydrogen-bond acceptors (Lipinski definition) is 7. The maximum absolute atomic E-state index is 11.3. The smallest absolute Gasteiger partial charge is 0.300 e. The Kier molecular flexibility index (Phi) is 13.2. The minimum atomic E-state index is -0.639. The second-order valence-corrected chi connectivity index (χ2v) is 6.73. The normalized spacial score (nSPS) is 17.2.